The van der Waals surface area contributed by atoms with Gasteiger partial charge in [-0.05, 0) is 80.6 Å². The van der Waals surface area contributed by atoms with Crippen LogP contribution >= 0.6 is 11.3 Å². The van der Waals surface area contributed by atoms with Crippen LogP contribution in [0.15, 0.2) is 60.9 Å². The van der Waals surface area contributed by atoms with Crippen molar-refractivity contribution in [3.8, 4) is 17.2 Å². The zero-order valence-electron chi connectivity index (χ0n) is 21.3. The van der Waals surface area contributed by atoms with Crippen LogP contribution in [0.4, 0.5) is 5.13 Å². The Morgan fingerprint density at radius 3 is 2.76 bits per heavy atom. The summed E-state index contributed by atoms with van der Waals surface area (Å²) in [5.74, 6) is -0.135. The van der Waals surface area contributed by atoms with Crippen LogP contribution in [0.5, 0.6) is 0 Å². The van der Waals surface area contributed by atoms with Crippen LogP contribution in [0.2, 0.25) is 0 Å². The quantitative estimate of drug-likeness (QED) is 0.360. The predicted molar refractivity (Wildman–Crippen MR) is 149 cm³/mol. The molecule has 1 saturated heterocycles. The van der Waals surface area contributed by atoms with Crippen LogP contribution in [0.1, 0.15) is 57.7 Å². The fourth-order valence-electron chi connectivity index (χ4n) is 5.51. The maximum absolute atomic E-state index is 13.1. The lowest BCUT2D eigenvalue weighted by Gasteiger charge is -2.36. The molecule has 1 aliphatic heterocycles. The van der Waals surface area contributed by atoms with Gasteiger partial charge in [0.2, 0.25) is 0 Å². The van der Waals surface area contributed by atoms with E-state index >= 15 is 0 Å². The van der Waals surface area contributed by atoms with Crippen LogP contribution in [-0.2, 0) is 19.4 Å². The monoisotopic (exact) mass is 522 g/mol. The Bertz CT molecular complexity index is 1480. The number of rotatable bonds is 6. The van der Waals surface area contributed by atoms with Crippen molar-refractivity contribution in [2.45, 2.75) is 51.1 Å². The van der Waals surface area contributed by atoms with Crippen molar-refractivity contribution in [3.05, 3.63) is 88.2 Å². The molecule has 1 aliphatic carbocycles. The second-order valence-corrected chi connectivity index (χ2v) is 11.2. The van der Waals surface area contributed by atoms with Gasteiger partial charge < -0.3 is 4.90 Å². The Kier molecular flexibility index (Phi) is 7.04. The van der Waals surface area contributed by atoms with Crippen molar-refractivity contribution in [1.29, 1.82) is 5.26 Å². The number of hydrogen-bond acceptors (Lipinski definition) is 6. The summed E-state index contributed by atoms with van der Waals surface area (Å²) in [5, 5.41) is 17.2. The van der Waals surface area contributed by atoms with Crippen LogP contribution < -0.4 is 5.32 Å². The van der Waals surface area contributed by atoms with Crippen molar-refractivity contribution in [3.63, 3.8) is 0 Å². The van der Waals surface area contributed by atoms with Gasteiger partial charge in [0, 0.05) is 28.2 Å². The number of benzene rings is 2. The van der Waals surface area contributed by atoms with Crippen LogP contribution in [0, 0.1) is 11.3 Å². The fraction of sp³-hybridized carbons (Fsp3) is 0.333. The van der Waals surface area contributed by atoms with E-state index in [1.54, 1.807) is 23.5 Å². The predicted octanol–water partition coefficient (Wildman–Crippen LogP) is 5.52. The molecule has 2 aliphatic rings. The van der Waals surface area contributed by atoms with E-state index in [1.165, 1.54) is 37.2 Å². The van der Waals surface area contributed by atoms with E-state index in [0.29, 0.717) is 28.8 Å². The maximum Gasteiger partial charge on any atom is 0.257 e. The van der Waals surface area contributed by atoms with Crippen molar-refractivity contribution >= 4 is 22.4 Å². The number of thiazole rings is 1. The summed E-state index contributed by atoms with van der Waals surface area (Å²) < 4.78 is 1.86. The van der Waals surface area contributed by atoms with E-state index in [-0.39, 0.29) is 5.91 Å². The van der Waals surface area contributed by atoms with Gasteiger partial charge in [-0.2, -0.15) is 10.4 Å². The summed E-state index contributed by atoms with van der Waals surface area (Å²) in [6.45, 7) is 2.99. The van der Waals surface area contributed by atoms with Gasteiger partial charge in [0.1, 0.15) is 0 Å². The molecule has 3 heterocycles. The minimum Gasteiger partial charge on any atom is -0.300 e. The topological polar surface area (TPSA) is 86.8 Å². The third-order valence-electron chi connectivity index (χ3n) is 7.56. The maximum atomic E-state index is 13.1. The van der Waals surface area contributed by atoms with Crippen molar-refractivity contribution < 1.29 is 4.79 Å². The molecule has 2 aromatic heterocycles. The number of nitriles is 1. The highest BCUT2D eigenvalue weighted by molar-refractivity contribution is 7.15. The third-order valence-corrected chi connectivity index (χ3v) is 8.59. The van der Waals surface area contributed by atoms with Gasteiger partial charge in [0.05, 0.1) is 30.1 Å². The molecule has 38 heavy (non-hydrogen) atoms. The van der Waals surface area contributed by atoms with E-state index in [0.717, 1.165) is 41.6 Å². The smallest absolute Gasteiger partial charge is 0.257 e. The molecule has 7 nitrogen and oxygen atoms in total. The largest absolute Gasteiger partial charge is 0.300 e. The average Bonchev–Trinajstić information content (AvgIpc) is 3.60. The Balaban J connectivity index is 1.10. The number of amides is 1. The number of aryl methyl sites for hydroxylation is 1. The van der Waals surface area contributed by atoms with Gasteiger partial charge in [-0.3, -0.25) is 14.8 Å². The molecule has 0 bridgehead atoms. The zero-order chi connectivity index (χ0) is 25.9. The zero-order valence-corrected chi connectivity index (χ0v) is 22.1. The summed E-state index contributed by atoms with van der Waals surface area (Å²) in [6, 6.07) is 17.9. The number of likely N-dealkylation sites (tertiary alicyclic amines) is 1. The summed E-state index contributed by atoms with van der Waals surface area (Å²) in [4.78, 5) is 21.8. The molecule has 4 aromatic rings. The number of carbonyl (C=O) groups excluding carboxylic acids is 1. The molecule has 1 fully saturated rings. The standard InChI is InChI=1S/C30H30N6OS/c31-17-21-7-9-23(10-8-21)25-18-32-36(20-25)19-22-5-4-6-24(15-22)29(37)34-30-33-27-12-11-26(16-28(27)38-30)35-13-2-1-3-14-35/h4-10,15,18,20,26H,1-3,11-14,16,19H2,(H,33,34,37)/t26-/m0/s1. The fourth-order valence-corrected chi connectivity index (χ4v) is 6.58. The molecule has 0 spiro atoms. The normalized spacial score (nSPS) is 17.5. The summed E-state index contributed by atoms with van der Waals surface area (Å²) in [7, 11) is 0. The van der Waals surface area contributed by atoms with Gasteiger partial charge in [0.15, 0.2) is 5.13 Å². The molecule has 192 valence electrons. The molecule has 6 rings (SSSR count). The van der Waals surface area contributed by atoms with Gasteiger partial charge in [-0.1, -0.05) is 30.7 Å². The Hall–Kier alpha value is -3.80. The van der Waals surface area contributed by atoms with Crippen LogP contribution in [0.25, 0.3) is 11.1 Å². The van der Waals surface area contributed by atoms with E-state index in [9.17, 15) is 4.79 Å². The molecular formula is C30H30N6OS. The lowest BCUT2D eigenvalue weighted by atomic mass is 9.94. The van der Waals surface area contributed by atoms with Gasteiger partial charge >= 0.3 is 0 Å². The molecule has 2 aromatic carbocycles. The minimum absolute atomic E-state index is 0.135. The van der Waals surface area contributed by atoms with Gasteiger partial charge in [0.25, 0.3) is 5.91 Å². The highest BCUT2D eigenvalue weighted by Gasteiger charge is 2.28. The van der Waals surface area contributed by atoms with Gasteiger partial charge in [-0.15, -0.1) is 11.3 Å². The van der Waals surface area contributed by atoms with E-state index < -0.39 is 0 Å². The number of piperidine rings is 1. The number of carbonyl (C=O) groups is 1. The van der Waals surface area contributed by atoms with Crippen molar-refractivity contribution in [2.75, 3.05) is 18.4 Å². The van der Waals surface area contributed by atoms with Gasteiger partial charge in [-0.25, -0.2) is 4.98 Å². The van der Waals surface area contributed by atoms with E-state index in [4.69, 9.17) is 10.2 Å². The molecule has 0 unspecified atom stereocenters. The highest BCUT2D eigenvalue weighted by Crippen LogP contribution is 2.32. The molecule has 1 atom stereocenters. The number of nitrogens with zero attached hydrogens (tertiary/aromatic N) is 5. The number of hydrogen-bond donors (Lipinski definition) is 1. The number of anilines is 1. The first-order chi connectivity index (χ1) is 18.6. The summed E-state index contributed by atoms with van der Waals surface area (Å²) in [6.07, 6.45) is 11.0. The van der Waals surface area contributed by atoms with Crippen LogP contribution in [0.3, 0.4) is 0 Å². The molecule has 1 N–H and O–H groups in total. The number of nitrogens with one attached hydrogen (secondary N) is 1. The van der Waals surface area contributed by atoms with E-state index in [1.807, 2.05) is 53.5 Å². The molecule has 0 radical (unpaired) electrons. The first-order valence-corrected chi connectivity index (χ1v) is 14.1. The Morgan fingerprint density at radius 1 is 1.11 bits per heavy atom. The Morgan fingerprint density at radius 2 is 1.95 bits per heavy atom. The molecule has 8 heteroatoms. The second kappa shape index (κ2) is 10.9. The summed E-state index contributed by atoms with van der Waals surface area (Å²) >= 11 is 1.63. The lowest BCUT2D eigenvalue weighted by Crippen LogP contribution is -2.42. The lowest BCUT2D eigenvalue weighted by molar-refractivity contribution is 0.102. The van der Waals surface area contributed by atoms with Crippen LogP contribution in [-0.4, -0.2) is 44.7 Å². The first kappa shape index (κ1) is 24.5. The third kappa shape index (κ3) is 5.40. The SMILES string of the molecule is N#Cc1ccc(-c2cnn(Cc3cccc(C(=O)Nc4nc5c(s4)C[C@@H](N4CCCCC4)CC5)c3)c2)cc1. The number of fused-ring (bicyclic) bond motifs is 1. The van der Waals surface area contributed by atoms with E-state index in [2.05, 4.69) is 21.4 Å². The first-order valence-electron chi connectivity index (χ1n) is 13.3. The highest BCUT2D eigenvalue weighted by atomic mass is 32.1. The molecule has 1 amide bonds. The molecule has 0 saturated carbocycles. The Labute approximate surface area is 226 Å². The van der Waals surface area contributed by atoms with Crippen molar-refractivity contribution in [2.24, 2.45) is 0 Å². The van der Waals surface area contributed by atoms with Crippen molar-refractivity contribution in [1.82, 2.24) is 19.7 Å². The summed E-state index contributed by atoms with van der Waals surface area (Å²) in [5.41, 5.74) is 5.39. The minimum atomic E-state index is -0.135. The average molecular weight is 523 g/mol. The molecular weight excluding hydrogens is 492 g/mol. The second-order valence-electron chi connectivity index (χ2n) is 10.2. The number of aromatic nitrogens is 3.